The van der Waals surface area contributed by atoms with E-state index in [0.29, 0.717) is 29.9 Å². The van der Waals surface area contributed by atoms with E-state index in [4.69, 9.17) is 5.11 Å². The lowest BCUT2D eigenvalue weighted by Crippen LogP contribution is -2.37. The summed E-state index contributed by atoms with van der Waals surface area (Å²) in [6.45, 7) is 0.699. The zero-order valence-corrected chi connectivity index (χ0v) is 11.8. The molecule has 3 atom stereocenters. The summed E-state index contributed by atoms with van der Waals surface area (Å²) in [6.07, 6.45) is 8.30. The molecule has 2 N–H and O–H groups in total. The van der Waals surface area contributed by atoms with E-state index in [2.05, 4.69) is 17.5 Å². The first-order valence-electron chi connectivity index (χ1n) is 7.43. The van der Waals surface area contributed by atoms with Gasteiger partial charge in [0.05, 0.1) is 5.56 Å². The van der Waals surface area contributed by atoms with Gasteiger partial charge in [0.15, 0.2) is 0 Å². The summed E-state index contributed by atoms with van der Waals surface area (Å²) in [6, 6.07) is 6.04. The largest absolute Gasteiger partial charge is 0.478 e. The van der Waals surface area contributed by atoms with Crippen LogP contribution >= 0.6 is 0 Å². The van der Waals surface area contributed by atoms with Crippen molar-refractivity contribution in [2.75, 3.05) is 6.54 Å². The smallest absolute Gasteiger partial charge is 0.335 e. The van der Waals surface area contributed by atoms with Gasteiger partial charge in [-0.15, -0.1) is 0 Å². The maximum Gasteiger partial charge on any atom is 0.335 e. The number of hydrogen-bond acceptors (Lipinski definition) is 2. The van der Waals surface area contributed by atoms with Crippen molar-refractivity contribution < 1.29 is 14.7 Å². The molecule has 2 bridgehead atoms. The zero-order chi connectivity index (χ0) is 14.8. The van der Waals surface area contributed by atoms with E-state index in [0.717, 1.165) is 0 Å². The number of benzene rings is 1. The number of hydrogen-bond donors (Lipinski definition) is 2. The summed E-state index contributed by atoms with van der Waals surface area (Å²) in [5.74, 6) is 0.719. The van der Waals surface area contributed by atoms with Gasteiger partial charge in [-0.05, 0) is 61.3 Å². The Balaban J connectivity index is 1.57. The third-order valence-corrected chi connectivity index (χ3v) is 4.63. The minimum Gasteiger partial charge on any atom is -0.478 e. The highest BCUT2D eigenvalue weighted by molar-refractivity contribution is 5.95. The predicted octanol–water partition coefficient (Wildman–Crippen LogP) is 2.72. The van der Waals surface area contributed by atoms with Crippen molar-refractivity contribution in [3.8, 4) is 0 Å². The van der Waals surface area contributed by atoms with Crippen molar-refractivity contribution in [2.24, 2.45) is 17.8 Å². The number of carboxylic acids is 1. The number of fused-ring (bicyclic) bond motifs is 2. The van der Waals surface area contributed by atoms with Crippen LogP contribution in [0.25, 0.3) is 0 Å². The molecule has 0 radical (unpaired) electrons. The van der Waals surface area contributed by atoms with E-state index in [1.165, 1.54) is 31.4 Å². The summed E-state index contributed by atoms with van der Waals surface area (Å²) in [7, 11) is 0. The van der Waals surface area contributed by atoms with Gasteiger partial charge in [-0.1, -0.05) is 12.2 Å². The molecule has 4 heteroatoms. The second-order valence-corrected chi connectivity index (χ2v) is 5.97. The van der Waals surface area contributed by atoms with E-state index in [1.807, 2.05) is 0 Å². The number of aromatic carboxylic acids is 1. The molecule has 1 fully saturated rings. The predicted molar refractivity (Wildman–Crippen MR) is 79.2 cm³/mol. The fourth-order valence-electron chi connectivity index (χ4n) is 3.38. The Hall–Kier alpha value is -2.10. The number of allylic oxidation sites excluding steroid dienone is 2. The Morgan fingerprint density at radius 1 is 1.10 bits per heavy atom. The van der Waals surface area contributed by atoms with Gasteiger partial charge in [0.1, 0.15) is 0 Å². The number of carbonyl (C=O) groups is 2. The molecule has 4 nitrogen and oxygen atoms in total. The molecule has 110 valence electrons. The highest BCUT2D eigenvalue weighted by Gasteiger charge is 2.31. The Morgan fingerprint density at radius 3 is 2.33 bits per heavy atom. The molecular weight excluding hydrogens is 266 g/mol. The van der Waals surface area contributed by atoms with Crippen molar-refractivity contribution in [2.45, 2.75) is 19.3 Å². The molecule has 0 saturated heterocycles. The van der Waals surface area contributed by atoms with Gasteiger partial charge >= 0.3 is 5.97 Å². The van der Waals surface area contributed by atoms with Crippen LogP contribution in [0.3, 0.4) is 0 Å². The Labute approximate surface area is 123 Å². The van der Waals surface area contributed by atoms with E-state index in [1.54, 1.807) is 12.1 Å². The third-order valence-electron chi connectivity index (χ3n) is 4.63. The lowest BCUT2D eigenvalue weighted by Gasteiger charge is -2.38. The fourth-order valence-corrected chi connectivity index (χ4v) is 3.38. The molecule has 1 aromatic rings. The van der Waals surface area contributed by atoms with Crippen LogP contribution < -0.4 is 5.32 Å². The van der Waals surface area contributed by atoms with Crippen molar-refractivity contribution in [3.63, 3.8) is 0 Å². The van der Waals surface area contributed by atoms with Crippen molar-refractivity contribution in [1.82, 2.24) is 5.32 Å². The SMILES string of the molecule is O=C(O)c1ccc(C(=O)NCC2CC3C=CC2CC3)cc1. The molecule has 3 unspecified atom stereocenters. The van der Waals surface area contributed by atoms with Crippen molar-refractivity contribution >= 4 is 11.9 Å². The highest BCUT2D eigenvalue weighted by Crippen LogP contribution is 2.39. The Bertz CT molecular complexity index is 576. The molecule has 21 heavy (non-hydrogen) atoms. The molecule has 0 heterocycles. The lowest BCUT2D eigenvalue weighted by molar-refractivity contribution is 0.0696. The average molecular weight is 285 g/mol. The Kier molecular flexibility index (Phi) is 3.78. The quantitative estimate of drug-likeness (QED) is 0.836. The molecule has 1 amide bonds. The van der Waals surface area contributed by atoms with Crippen LogP contribution in [0.15, 0.2) is 36.4 Å². The van der Waals surface area contributed by atoms with Gasteiger partial charge in [-0.25, -0.2) is 4.79 Å². The minimum absolute atomic E-state index is 0.127. The van der Waals surface area contributed by atoms with Gasteiger partial charge in [0.2, 0.25) is 0 Å². The van der Waals surface area contributed by atoms with E-state index < -0.39 is 5.97 Å². The second-order valence-electron chi connectivity index (χ2n) is 5.97. The van der Waals surface area contributed by atoms with Gasteiger partial charge in [-0.3, -0.25) is 4.79 Å². The molecule has 0 aromatic heterocycles. The van der Waals surface area contributed by atoms with Gasteiger partial charge in [0, 0.05) is 12.1 Å². The standard InChI is InChI=1S/C17H19NO3/c19-16(13-5-7-14(8-6-13)17(20)21)18-10-15-9-11-1-3-12(15)4-2-11/h1,3,5-8,11-12,15H,2,4,9-10H2,(H,18,19)(H,20,21). The molecule has 0 spiro atoms. The van der Waals surface area contributed by atoms with E-state index in [-0.39, 0.29) is 11.5 Å². The molecule has 0 aliphatic heterocycles. The summed E-state index contributed by atoms with van der Waals surface area (Å²) in [5.41, 5.74) is 0.706. The molecule has 3 aliphatic rings. The van der Waals surface area contributed by atoms with E-state index in [9.17, 15) is 9.59 Å². The minimum atomic E-state index is -0.980. The number of carboxylic acid groups (broad SMARTS) is 1. The zero-order valence-electron chi connectivity index (χ0n) is 11.8. The first-order chi connectivity index (χ1) is 10.1. The van der Waals surface area contributed by atoms with Gasteiger partial charge < -0.3 is 10.4 Å². The van der Waals surface area contributed by atoms with Crippen LogP contribution in [-0.4, -0.2) is 23.5 Å². The van der Waals surface area contributed by atoms with Gasteiger partial charge in [0.25, 0.3) is 5.91 Å². The number of carbonyl (C=O) groups excluding carboxylic acids is 1. The first-order valence-corrected chi connectivity index (χ1v) is 7.43. The third kappa shape index (κ3) is 2.99. The lowest BCUT2D eigenvalue weighted by atomic mass is 9.69. The van der Waals surface area contributed by atoms with Crippen LogP contribution in [0.4, 0.5) is 0 Å². The summed E-state index contributed by atoms with van der Waals surface area (Å²) < 4.78 is 0. The number of rotatable bonds is 4. The van der Waals surface area contributed by atoms with Crippen LogP contribution in [0.5, 0.6) is 0 Å². The molecule has 1 aromatic carbocycles. The maximum atomic E-state index is 12.1. The van der Waals surface area contributed by atoms with Crippen LogP contribution in [-0.2, 0) is 0 Å². The van der Waals surface area contributed by atoms with Crippen molar-refractivity contribution in [1.29, 1.82) is 0 Å². The molecular formula is C17H19NO3. The van der Waals surface area contributed by atoms with Crippen molar-refractivity contribution in [3.05, 3.63) is 47.5 Å². The first kappa shape index (κ1) is 13.9. The highest BCUT2D eigenvalue weighted by atomic mass is 16.4. The van der Waals surface area contributed by atoms with Crippen LogP contribution in [0.1, 0.15) is 40.0 Å². The maximum absolute atomic E-state index is 12.1. The van der Waals surface area contributed by atoms with Crippen LogP contribution in [0.2, 0.25) is 0 Å². The fraction of sp³-hybridized carbons (Fsp3) is 0.412. The summed E-state index contributed by atoms with van der Waals surface area (Å²) in [5, 5.41) is 11.8. The second kappa shape index (κ2) is 5.72. The molecule has 3 aliphatic carbocycles. The topological polar surface area (TPSA) is 66.4 Å². The van der Waals surface area contributed by atoms with Crippen LogP contribution in [0, 0.1) is 17.8 Å². The molecule has 4 rings (SSSR count). The monoisotopic (exact) mass is 285 g/mol. The average Bonchev–Trinajstić information content (AvgIpc) is 2.54. The summed E-state index contributed by atoms with van der Waals surface area (Å²) in [4.78, 5) is 22.9. The number of nitrogens with one attached hydrogen (secondary N) is 1. The Morgan fingerprint density at radius 2 is 1.81 bits per heavy atom. The van der Waals surface area contributed by atoms with Gasteiger partial charge in [-0.2, -0.15) is 0 Å². The summed E-state index contributed by atoms with van der Waals surface area (Å²) >= 11 is 0. The van der Waals surface area contributed by atoms with E-state index >= 15 is 0 Å². The molecule has 1 saturated carbocycles. The number of amides is 1. The normalized spacial score (nSPS) is 26.6.